The minimum atomic E-state index is -0.535. The van der Waals surface area contributed by atoms with Crippen LogP contribution in [-0.2, 0) is 14.9 Å². The number of aliphatic hydroxyl groups is 1. The smallest absolute Gasteiger partial charge is 0.233 e. The molecule has 1 amide bonds. The molecule has 4 nitrogen and oxygen atoms in total. The summed E-state index contributed by atoms with van der Waals surface area (Å²) in [7, 11) is 0. The van der Waals surface area contributed by atoms with Crippen LogP contribution in [0.15, 0.2) is 24.3 Å². The van der Waals surface area contributed by atoms with Crippen LogP contribution in [0.3, 0.4) is 0 Å². The first-order chi connectivity index (χ1) is 10.1. The predicted octanol–water partition coefficient (Wildman–Crippen LogP) is 1.98. The van der Waals surface area contributed by atoms with Gasteiger partial charge in [0.05, 0.1) is 11.5 Å². The van der Waals surface area contributed by atoms with Crippen molar-refractivity contribution < 1.29 is 14.6 Å². The molecular weight excluding hydrogens is 290 g/mol. The number of benzene rings is 1. The van der Waals surface area contributed by atoms with Crippen LogP contribution in [-0.4, -0.2) is 48.3 Å². The molecule has 1 atom stereocenters. The lowest BCUT2D eigenvalue weighted by molar-refractivity contribution is -0.140. The molecule has 1 aromatic carbocycles. The highest BCUT2D eigenvalue weighted by Gasteiger charge is 2.45. The molecule has 21 heavy (non-hydrogen) atoms. The normalized spacial score (nSPS) is 25.0. The van der Waals surface area contributed by atoms with Crippen molar-refractivity contribution in [2.45, 2.75) is 30.8 Å². The van der Waals surface area contributed by atoms with Crippen molar-refractivity contribution in [2.75, 3.05) is 26.3 Å². The number of halogens is 1. The topological polar surface area (TPSA) is 49.8 Å². The van der Waals surface area contributed by atoms with Crippen molar-refractivity contribution in [2.24, 2.45) is 0 Å². The number of ether oxygens (including phenoxy) is 1. The molecule has 2 heterocycles. The molecule has 0 aromatic heterocycles. The van der Waals surface area contributed by atoms with Gasteiger partial charge in [0, 0.05) is 31.3 Å². The Kier molecular flexibility index (Phi) is 4.20. The standard InChI is InChI=1S/C16H20ClNO3/c17-13-3-1-12(2-4-13)16(6-9-21-10-7-16)15(20)18-8-5-14(19)11-18/h1-4,14,19H,5-11H2/t14-/m1/s1. The first-order valence-corrected chi connectivity index (χ1v) is 7.81. The number of amides is 1. The van der Waals surface area contributed by atoms with E-state index in [9.17, 15) is 9.90 Å². The predicted molar refractivity (Wildman–Crippen MR) is 80.4 cm³/mol. The van der Waals surface area contributed by atoms with E-state index in [1.165, 1.54) is 0 Å². The first kappa shape index (κ1) is 14.8. The zero-order valence-electron chi connectivity index (χ0n) is 11.9. The van der Waals surface area contributed by atoms with E-state index >= 15 is 0 Å². The lowest BCUT2D eigenvalue weighted by Crippen LogP contribution is -2.49. The van der Waals surface area contributed by atoms with E-state index in [1.807, 2.05) is 24.3 Å². The van der Waals surface area contributed by atoms with Gasteiger partial charge < -0.3 is 14.7 Å². The maximum Gasteiger partial charge on any atom is 0.233 e. The number of rotatable bonds is 2. The fraction of sp³-hybridized carbons (Fsp3) is 0.562. The van der Waals surface area contributed by atoms with Crippen molar-refractivity contribution in [3.8, 4) is 0 Å². The quantitative estimate of drug-likeness (QED) is 0.909. The number of likely N-dealkylation sites (tertiary alicyclic amines) is 1. The minimum absolute atomic E-state index is 0.115. The van der Waals surface area contributed by atoms with Crippen LogP contribution in [0.5, 0.6) is 0 Å². The van der Waals surface area contributed by atoms with Crippen molar-refractivity contribution >= 4 is 17.5 Å². The third kappa shape index (κ3) is 2.80. The Balaban J connectivity index is 1.92. The second-order valence-electron chi connectivity index (χ2n) is 5.90. The molecule has 0 saturated carbocycles. The van der Waals surface area contributed by atoms with E-state index in [1.54, 1.807) is 4.90 Å². The lowest BCUT2D eigenvalue weighted by atomic mass is 9.73. The van der Waals surface area contributed by atoms with Crippen molar-refractivity contribution in [3.05, 3.63) is 34.9 Å². The summed E-state index contributed by atoms with van der Waals surface area (Å²) in [4.78, 5) is 14.9. The van der Waals surface area contributed by atoms with Crippen LogP contribution in [0.2, 0.25) is 5.02 Å². The average Bonchev–Trinajstić information content (AvgIpc) is 2.94. The van der Waals surface area contributed by atoms with Gasteiger partial charge in [-0.25, -0.2) is 0 Å². The Labute approximate surface area is 129 Å². The van der Waals surface area contributed by atoms with Gasteiger partial charge in [-0.2, -0.15) is 0 Å². The van der Waals surface area contributed by atoms with Gasteiger partial charge in [0.1, 0.15) is 0 Å². The molecule has 1 aromatic rings. The van der Waals surface area contributed by atoms with Gasteiger partial charge in [0.15, 0.2) is 0 Å². The fourth-order valence-electron chi connectivity index (χ4n) is 3.34. The van der Waals surface area contributed by atoms with Crippen LogP contribution in [0, 0.1) is 0 Å². The first-order valence-electron chi connectivity index (χ1n) is 7.43. The van der Waals surface area contributed by atoms with Gasteiger partial charge in [-0.3, -0.25) is 4.79 Å². The summed E-state index contributed by atoms with van der Waals surface area (Å²) in [5, 5.41) is 10.4. The number of β-amino-alcohol motifs (C(OH)–C–C–N with tert-alkyl or cyclic N) is 1. The molecule has 2 aliphatic heterocycles. The third-order valence-electron chi connectivity index (χ3n) is 4.60. The number of aliphatic hydroxyl groups excluding tert-OH is 1. The molecule has 3 rings (SSSR count). The van der Waals surface area contributed by atoms with E-state index in [4.69, 9.17) is 16.3 Å². The summed E-state index contributed by atoms with van der Waals surface area (Å²) < 4.78 is 5.46. The van der Waals surface area contributed by atoms with E-state index in [-0.39, 0.29) is 5.91 Å². The Bertz CT molecular complexity index is 511. The van der Waals surface area contributed by atoms with E-state index in [2.05, 4.69) is 0 Å². The van der Waals surface area contributed by atoms with Crippen molar-refractivity contribution in [1.82, 2.24) is 4.90 Å². The summed E-state index contributed by atoms with van der Waals surface area (Å²) in [6, 6.07) is 7.55. The molecule has 0 spiro atoms. The average molecular weight is 310 g/mol. The molecule has 0 unspecified atom stereocenters. The van der Waals surface area contributed by atoms with Gasteiger partial charge in [-0.15, -0.1) is 0 Å². The van der Waals surface area contributed by atoms with Gasteiger partial charge in [-0.05, 0) is 37.0 Å². The maximum absolute atomic E-state index is 13.1. The highest BCUT2D eigenvalue weighted by molar-refractivity contribution is 6.30. The summed E-state index contributed by atoms with van der Waals surface area (Å²) >= 11 is 5.97. The SMILES string of the molecule is O=C(N1CC[C@@H](O)C1)C1(c2ccc(Cl)cc2)CCOCC1. The molecule has 2 fully saturated rings. The summed E-state index contributed by atoms with van der Waals surface area (Å²) in [6.45, 7) is 2.25. The monoisotopic (exact) mass is 309 g/mol. The summed E-state index contributed by atoms with van der Waals surface area (Å²) in [5.74, 6) is 0.115. The fourth-order valence-corrected chi connectivity index (χ4v) is 3.47. The van der Waals surface area contributed by atoms with Crippen LogP contribution in [0.4, 0.5) is 0 Å². The Hall–Kier alpha value is -1.10. The lowest BCUT2D eigenvalue weighted by Gasteiger charge is -2.39. The summed E-state index contributed by atoms with van der Waals surface area (Å²) in [6.07, 6.45) is 1.63. The second kappa shape index (κ2) is 5.95. The van der Waals surface area contributed by atoms with Crippen molar-refractivity contribution in [1.29, 1.82) is 0 Å². The summed E-state index contributed by atoms with van der Waals surface area (Å²) in [5.41, 5.74) is 0.467. The second-order valence-corrected chi connectivity index (χ2v) is 6.33. The zero-order chi connectivity index (χ0) is 14.9. The number of carbonyl (C=O) groups excluding carboxylic acids is 1. The maximum atomic E-state index is 13.1. The van der Waals surface area contributed by atoms with Gasteiger partial charge in [0.25, 0.3) is 0 Å². The molecule has 0 aliphatic carbocycles. The van der Waals surface area contributed by atoms with Crippen molar-refractivity contribution in [3.63, 3.8) is 0 Å². The van der Waals surface area contributed by atoms with Gasteiger partial charge in [0.2, 0.25) is 5.91 Å². The molecule has 2 saturated heterocycles. The Morgan fingerprint density at radius 3 is 2.52 bits per heavy atom. The molecular formula is C16H20ClNO3. The highest BCUT2D eigenvalue weighted by atomic mass is 35.5. The van der Waals surface area contributed by atoms with E-state index in [0.717, 1.165) is 5.56 Å². The van der Waals surface area contributed by atoms with E-state index in [0.29, 0.717) is 50.6 Å². The largest absolute Gasteiger partial charge is 0.391 e. The highest BCUT2D eigenvalue weighted by Crippen LogP contribution is 2.38. The van der Waals surface area contributed by atoms with Crippen LogP contribution >= 0.6 is 11.6 Å². The number of nitrogens with zero attached hydrogens (tertiary/aromatic N) is 1. The van der Waals surface area contributed by atoms with E-state index < -0.39 is 11.5 Å². The molecule has 0 bridgehead atoms. The van der Waals surface area contributed by atoms with Crippen LogP contribution < -0.4 is 0 Å². The molecule has 0 radical (unpaired) electrons. The Morgan fingerprint density at radius 2 is 1.95 bits per heavy atom. The Morgan fingerprint density at radius 1 is 1.29 bits per heavy atom. The van der Waals surface area contributed by atoms with Crippen LogP contribution in [0.1, 0.15) is 24.8 Å². The molecule has 5 heteroatoms. The number of carbonyl (C=O) groups is 1. The zero-order valence-corrected chi connectivity index (χ0v) is 12.7. The molecule has 114 valence electrons. The number of hydrogen-bond donors (Lipinski definition) is 1. The molecule has 1 N–H and O–H groups in total. The number of hydrogen-bond acceptors (Lipinski definition) is 3. The molecule has 2 aliphatic rings. The van der Waals surface area contributed by atoms with Gasteiger partial charge in [-0.1, -0.05) is 23.7 Å². The minimum Gasteiger partial charge on any atom is -0.391 e. The van der Waals surface area contributed by atoms with Gasteiger partial charge >= 0.3 is 0 Å². The van der Waals surface area contributed by atoms with Crippen LogP contribution in [0.25, 0.3) is 0 Å². The third-order valence-corrected chi connectivity index (χ3v) is 4.86.